The minimum atomic E-state index is 0.00399. The number of nitrogens with one attached hydrogen (secondary N) is 1. The molecular weight excluding hydrogens is 252 g/mol. The van der Waals surface area contributed by atoms with Gasteiger partial charge < -0.3 is 10.2 Å². The normalized spacial score (nSPS) is 25.3. The molecule has 1 aromatic carbocycles. The van der Waals surface area contributed by atoms with Crippen LogP contribution in [0.2, 0.25) is 0 Å². The molecule has 106 valence electrons. The Morgan fingerprint density at radius 1 is 1.25 bits per heavy atom. The predicted octanol–water partition coefficient (Wildman–Crippen LogP) is 2.58. The summed E-state index contributed by atoms with van der Waals surface area (Å²) in [6, 6.07) is 6.11. The summed E-state index contributed by atoms with van der Waals surface area (Å²) in [5.74, 6) is 0.0937. The lowest BCUT2D eigenvalue weighted by atomic mass is 9.96. The van der Waals surface area contributed by atoms with E-state index in [2.05, 4.69) is 19.2 Å². The molecule has 2 amide bonds. The predicted molar refractivity (Wildman–Crippen MR) is 77.7 cm³/mol. The Bertz CT molecular complexity index is 558. The van der Waals surface area contributed by atoms with Crippen LogP contribution in [0.15, 0.2) is 18.2 Å². The van der Waals surface area contributed by atoms with Crippen molar-refractivity contribution in [2.24, 2.45) is 0 Å². The molecule has 3 rings (SSSR count). The lowest BCUT2D eigenvalue weighted by Crippen LogP contribution is -2.47. The fraction of sp³-hybridized carbons (Fsp3) is 0.500. The third-order valence-corrected chi connectivity index (χ3v) is 4.41. The van der Waals surface area contributed by atoms with Crippen molar-refractivity contribution in [1.29, 1.82) is 0 Å². The number of carbonyl (C=O) groups excluding carboxylic acids is 2. The molecule has 0 aliphatic carbocycles. The lowest BCUT2D eigenvalue weighted by Gasteiger charge is -2.39. The van der Waals surface area contributed by atoms with Crippen LogP contribution in [0.3, 0.4) is 0 Å². The van der Waals surface area contributed by atoms with Crippen LogP contribution in [0, 0.1) is 0 Å². The van der Waals surface area contributed by atoms with Crippen molar-refractivity contribution in [1.82, 2.24) is 4.90 Å². The van der Waals surface area contributed by atoms with E-state index in [1.54, 1.807) is 0 Å². The summed E-state index contributed by atoms with van der Waals surface area (Å²) >= 11 is 0. The highest BCUT2D eigenvalue weighted by molar-refractivity contribution is 6.01. The molecule has 2 aliphatic rings. The van der Waals surface area contributed by atoms with E-state index in [-0.39, 0.29) is 11.8 Å². The molecule has 2 unspecified atom stereocenters. The summed E-state index contributed by atoms with van der Waals surface area (Å²) in [4.78, 5) is 26.1. The first-order chi connectivity index (χ1) is 9.56. The molecule has 4 heteroatoms. The van der Waals surface area contributed by atoms with E-state index in [9.17, 15) is 9.59 Å². The molecule has 0 spiro atoms. The standard InChI is InChI=1S/C16H20N2O2/c1-10-4-3-5-11(2)18(10)16(20)12-6-7-14-13(8-12)9-15(19)17-14/h6-8,10-11H,3-5,9H2,1-2H3,(H,17,19). The van der Waals surface area contributed by atoms with Crippen LogP contribution in [0.4, 0.5) is 5.69 Å². The van der Waals surface area contributed by atoms with Crippen LogP contribution in [-0.2, 0) is 11.2 Å². The smallest absolute Gasteiger partial charge is 0.254 e. The summed E-state index contributed by atoms with van der Waals surface area (Å²) in [5, 5.41) is 2.80. The van der Waals surface area contributed by atoms with Crippen LogP contribution < -0.4 is 5.32 Å². The highest BCUT2D eigenvalue weighted by Crippen LogP contribution is 2.28. The zero-order chi connectivity index (χ0) is 14.3. The summed E-state index contributed by atoms with van der Waals surface area (Å²) in [6.45, 7) is 4.23. The molecule has 0 aromatic heterocycles. The van der Waals surface area contributed by atoms with Gasteiger partial charge in [-0.05, 0) is 56.9 Å². The Labute approximate surface area is 119 Å². The number of amides is 2. The number of piperidine rings is 1. The van der Waals surface area contributed by atoms with Gasteiger partial charge in [-0.3, -0.25) is 9.59 Å². The summed E-state index contributed by atoms with van der Waals surface area (Å²) in [6.07, 6.45) is 3.71. The van der Waals surface area contributed by atoms with Gasteiger partial charge in [0.2, 0.25) is 5.91 Å². The fourth-order valence-electron chi connectivity index (χ4n) is 3.33. The molecule has 0 bridgehead atoms. The molecule has 0 saturated carbocycles. The van der Waals surface area contributed by atoms with Crippen molar-refractivity contribution < 1.29 is 9.59 Å². The van der Waals surface area contributed by atoms with Gasteiger partial charge in [-0.2, -0.15) is 0 Å². The van der Waals surface area contributed by atoms with Gasteiger partial charge in [-0.15, -0.1) is 0 Å². The first kappa shape index (κ1) is 13.2. The Balaban J connectivity index is 1.87. The van der Waals surface area contributed by atoms with Crippen molar-refractivity contribution >= 4 is 17.5 Å². The summed E-state index contributed by atoms with van der Waals surface area (Å²) in [5.41, 5.74) is 2.46. The maximum atomic E-state index is 12.7. The van der Waals surface area contributed by atoms with E-state index in [0.29, 0.717) is 24.1 Å². The van der Waals surface area contributed by atoms with Crippen LogP contribution >= 0.6 is 0 Å². The number of carbonyl (C=O) groups is 2. The van der Waals surface area contributed by atoms with Gasteiger partial charge in [0, 0.05) is 23.3 Å². The third kappa shape index (κ3) is 2.19. The van der Waals surface area contributed by atoms with Crippen molar-refractivity contribution in [3.8, 4) is 0 Å². The van der Waals surface area contributed by atoms with E-state index in [4.69, 9.17) is 0 Å². The fourth-order valence-corrected chi connectivity index (χ4v) is 3.33. The highest BCUT2D eigenvalue weighted by Gasteiger charge is 2.30. The maximum Gasteiger partial charge on any atom is 0.254 e. The number of nitrogens with zero attached hydrogens (tertiary/aromatic N) is 1. The lowest BCUT2D eigenvalue weighted by molar-refractivity contribution is -0.115. The molecule has 2 heterocycles. The second kappa shape index (κ2) is 4.93. The van der Waals surface area contributed by atoms with Gasteiger partial charge in [-0.1, -0.05) is 0 Å². The average Bonchev–Trinajstić information content (AvgIpc) is 2.77. The largest absolute Gasteiger partial charge is 0.333 e. The number of fused-ring (bicyclic) bond motifs is 1. The van der Waals surface area contributed by atoms with Crippen molar-refractivity contribution in [3.63, 3.8) is 0 Å². The average molecular weight is 272 g/mol. The van der Waals surface area contributed by atoms with E-state index >= 15 is 0 Å². The molecular formula is C16H20N2O2. The number of rotatable bonds is 1. The minimum absolute atomic E-state index is 0.00399. The van der Waals surface area contributed by atoms with Crippen molar-refractivity contribution in [2.75, 3.05) is 5.32 Å². The Morgan fingerprint density at radius 3 is 2.65 bits per heavy atom. The molecule has 1 fully saturated rings. The Morgan fingerprint density at radius 2 is 1.95 bits per heavy atom. The first-order valence-electron chi connectivity index (χ1n) is 7.31. The van der Waals surface area contributed by atoms with E-state index in [1.807, 2.05) is 23.1 Å². The number of benzene rings is 1. The van der Waals surface area contributed by atoms with Gasteiger partial charge in [-0.25, -0.2) is 0 Å². The molecule has 1 aromatic rings. The topological polar surface area (TPSA) is 49.4 Å². The molecule has 2 aliphatic heterocycles. The zero-order valence-electron chi connectivity index (χ0n) is 12.0. The van der Waals surface area contributed by atoms with Crippen molar-refractivity contribution in [2.45, 2.75) is 51.6 Å². The first-order valence-corrected chi connectivity index (χ1v) is 7.31. The number of hydrogen-bond acceptors (Lipinski definition) is 2. The SMILES string of the molecule is CC1CCCC(C)N1C(=O)c1ccc2c(c1)CC(=O)N2. The van der Waals surface area contributed by atoms with Gasteiger partial charge in [0.1, 0.15) is 0 Å². The monoisotopic (exact) mass is 272 g/mol. The van der Waals surface area contributed by atoms with Crippen LogP contribution in [0.5, 0.6) is 0 Å². The van der Waals surface area contributed by atoms with Gasteiger partial charge >= 0.3 is 0 Å². The second-order valence-corrected chi connectivity index (χ2v) is 5.94. The van der Waals surface area contributed by atoms with Gasteiger partial charge in [0.05, 0.1) is 6.42 Å². The number of likely N-dealkylation sites (tertiary alicyclic amines) is 1. The van der Waals surface area contributed by atoms with Gasteiger partial charge in [0.15, 0.2) is 0 Å². The van der Waals surface area contributed by atoms with Crippen LogP contribution in [0.1, 0.15) is 49.0 Å². The molecule has 1 N–H and O–H groups in total. The molecule has 4 nitrogen and oxygen atoms in total. The molecule has 0 radical (unpaired) electrons. The van der Waals surface area contributed by atoms with E-state index in [0.717, 1.165) is 24.1 Å². The van der Waals surface area contributed by atoms with E-state index in [1.165, 1.54) is 6.42 Å². The van der Waals surface area contributed by atoms with Gasteiger partial charge in [0.25, 0.3) is 5.91 Å². The molecule has 1 saturated heterocycles. The van der Waals surface area contributed by atoms with E-state index < -0.39 is 0 Å². The Hall–Kier alpha value is -1.84. The number of anilines is 1. The van der Waals surface area contributed by atoms with Crippen LogP contribution in [-0.4, -0.2) is 28.8 Å². The quantitative estimate of drug-likeness (QED) is 0.854. The van der Waals surface area contributed by atoms with Crippen molar-refractivity contribution in [3.05, 3.63) is 29.3 Å². The highest BCUT2D eigenvalue weighted by atomic mass is 16.2. The van der Waals surface area contributed by atoms with Crippen LogP contribution in [0.25, 0.3) is 0 Å². The molecule has 2 atom stereocenters. The zero-order valence-corrected chi connectivity index (χ0v) is 12.0. The summed E-state index contributed by atoms with van der Waals surface area (Å²) < 4.78 is 0. The summed E-state index contributed by atoms with van der Waals surface area (Å²) in [7, 11) is 0. The Kier molecular flexibility index (Phi) is 3.24. The number of hydrogen-bond donors (Lipinski definition) is 1. The third-order valence-electron chi connectivity index (χ3n) is 4.41. The molecule has 20 heavy (non-hydrogen) atoms. The maximum absolute atomic E-state index is 12.7. The second-order valence-electron chi connectivity index (χ2n) is 5.94. The minimum Gasteiger partial charge on any atom is -0.333 e.